The highest BCUT2D eigenvalue weighted by Crippen LogP contribution is 2.26. The van der Waals surface area contributed by atoms with E-state index in [4.69, 9.17) is 4.42 Å². The molecule has 0 spiro atoms. The van der Waals surface area contributed by atoms with E-state index >= 15 is 0 Å². The molecule has 8 nitrogen and oxygen atoms in total. The summed E-state index contributed by atoms with van der Waals surface area (Å²) in [5, 5.41) is 7.20. The molecule has 3 aromatic rings. The predicted molar refractivity (Wildman–Crippen MR) is 106 cm³/mol. The average Bonchev–Trinajstić information content (AvgIpc) is 3.33. The molecule has 0 aliphatic carbocycles. The van der Waals surface area contributed by atoms with Gasteiger partial charge in [0.2, 0.25) is 0 Å². The van der Waals surface area contributed by atoms with Gasteiger partial charge in [-0.3, -0.25) is 14.3 Å². The van der Waals surface area contributed by atoms with Crippen molar-refractivity contribution in [3.8, 4) is 11.3 Å². The molecule has 1 aliphatic heterocycles. The van der Waals surface area contributed by atoms with E-state index in [1.165, 1.54) is 6.39 Å². The topological polar surface area (TPSA) is 93.3 Å². The third-order valence-electron chi connectivity index (χ3n) is 4.79. The van der Waals surface area contributed by atoms with Crippen molar-refractivity contribution < 1.29 is 14.0 Å². The number of carbonyl (C=O) groups excluding carboxylic acids is 2. The predicted octanol–water partition coefficient (Wildman–Crippen LogP) is 2.64. The lowest BCUT2D eigenvalue weighted by Crippen LogP contribution is -2.38. The quantitative estimate of drug-likeness (QED) is 0.736. The first kappa shape index (κ1) is 18.9. The Morgan fingerprint density at radius 3 is 2.79 bits per heavy atom. The largest absolute Gasteiger partial charge is 0.443 e. The lowest BCUT2D eigenvalue weighted by atomic mass is 10.1. The van der Waals surface area contributed by atoms with Gasteiger partial charge in [-0.1, -0.05) is 23.8 Å². The van der Waals surface area contributed by atoms with Gasteiger partial charge in [0.05, 0.1) is 18.8 Å². The van der Waals surface area contributed by atoms with E-state index in [0.717, 1.165) is 16.8 Å². The summed E-state index contributed by atoms with van der Waals surface area (Å²) in [6.07, 6.45) is 1.30. The van der Waals surface area contributed by atoms with Crippen LogP contribution in [0.25, 0.3) is 11.3 Å². The minimum atomic E-state index is -0.210. The number of rotatable bonds is 4. The molecule has 1 aliphatic rings. The maximum Gasteiger partial charge on any atom is 0.276 e. The van der Waals surface area contributed by atoms with Crippen LogP contribution in [0.3, 0.4) is 0 Å². The van der Waals surface area contributed by atoms with Crippen LogP contribution in [0.15, 0.2) is 41.1 Å². The van der Waals surface area contributed by atoms with Crippen molar-refractivity contribution in [1.82, 2.24) is 25.0 Å². The number of carbonyl (C=O) groups is 2. The zero-order valence-corrected chi connectivity index (χ0v) is 16.7. The molecule has 0 bridgehead atoms. The Hall–Kier alpha value is -3.42. The summed E-state index contributed by atoms with van der Waals surface area (Å²) in [6.45, 7) is 7.16. The van der Waals surface area contributed by atoms with Crippen LogP contribution in [0.4, 0.5) is 0 Å². The van der Waals surface area contributed by atoms with Gasteiger partial charge in [-0.15, -0.1) is 0 Å². The number of aromatic nitrogens is 3. The Bertz CT molecular complexity index is 1070. The number of aryl methyl sites for hydroxylation is 1. The Balaban J connectivity index is 1.55. The van der Waals surface area contributed by atoms with Crippen molar-refractivity contribution in [1.29, 1.82) is 0 Å². The van der Waals surface area contributed by atoms with Gasteiger partial charge in [0.25, 0.3) is 11.8 Å². The number of benzene rings is 1. The molecule has 8 heteroatoms. The van der Waals surface area contributed by atoms with Crippen LogP contribution < -0.4 is 5.32 Å². The Kier molecular flexibility index (Phi) is 4.92. The van der Waals surface area contributed by atoms with Gasteiger partial charge in [-0.25, -0.2) is 4.98 Å². The smallest absolute Gasteiger partial charge is 0.276 e. The first-order valence-corrected chi connectivity index (χ1v) is 9.60. The molecular weight excluding hydrogens is 370 g/mol. The van der Waals surface area contributed by atoms with Crippen molar-refractivity contribution in [2.45, 2.75) is 39.9 Å². The highest BCUT2D eigenvalue weighted by Gasteiger charge is 2.28. The van der Waals surface area contributed by atoms with Gasteiger partial charge < -0.3 is 14.6 Å². The zero-order valence-electron chi connectivity index (χ0n) is 16.7. The fraction of sp³-hybridized carbons (Fsp3) is 0.333. The summed E-state index contributed by atoms with van der Waals surface area (Å²) in [7, 11) is 0. The van der Waals surface area contributed by atoms with E-state index in [1.54, 1.807) is 15.6 Å². The molecule has 1 aromatic carbocycles. The Morgan fingerprint density at radius 2 is 2.03 bits per heavy atom. The zero-order chi connectivity index (χ0) is 20.5. The standard InChI is InChI=1S/C21H23N5O3/c1-13(2)23-20(27)17-10-16-11-25(7-8-26(16)24-17)21(28)18-19(29-12-22-18)15-6-4-5-14(3)9-15/h4-6,9-10,12-13H,7-8,11H2,1-3H3,(H,23,27). The van der Waals surface area contributed by atoms with Crippen LogP contribution in [-0.2, 0) is 13.1 Å². The molecule has 0 atom stereocenters. The summed E-state index contributed by atoms with van der Waals surface area (Å²) in [5.41, 5.74) is 3.37. The van der Waals surface area contributed by atoms with Crippen LogP contribution in [0.5, 0.6) is 0 Å². The number of amides is 2. The number of nitrogens with one attached hydrogen (secondary N) is 1. The second-order valence-corrected chi connectivity index (χ2v) is 7.50. The van der Waals surface area contributed by atoms with E-state index in [9.17, 15) is 9.59 Å². The van der Waals surface area contributed by atoms with Gasteiger partial charge >= 0.3 is 0 Å². The molecule has 4 rings (SSSR count). The highest BCUT2D eigenvalue weighted by molar-refractivity contribution is 5.97. The fourth-order valence-electron chi connectivity index (χ4n) is 3.43. The third kappa shape index (κ3) is 3.78. The minimum absolute atomic E-state index is 0.0338. The van der Waals surface area contributed by atoms with Crippen LogP contribution in [-0.4, -0.2) is 44.1 Å². The third-order valence-corrected chi connectivity index (χ3v) is 4.79. The van der Waals surface area contributed by atoms with Crippen molar-refractivity contribution >= 4 is 11.8 Å². The maximum absolute atomic E-state index is 13.1. The number of hydrogen-bond acceptors (Lipinski definition) is 5. The van der Waals surface area contributed by atoms with Crippen molar-refractivity contribution in [2.75, 3.05) is 6.54 Å². The van der Waals surface area contributed by atoms with Crippen LogP contribution >= 0.6 is 0 Å². The van der Waals surface area contributed by atoms with E-state index in [-0.39, 0.29) is 17.9 Å². The molecule has 0 saturated carbocycles. The fourth-order valence-corrected chi connectivity index (χ4v) is 3.43. The van der Waals surface area contributed by atoms with E-state index < -0.39 is 0 Å². The summed E-state index contributed by atoms with van der Waals surface area (Å²) >= 11 is 0. The second-order valence-electron chi connectivity index (χ2n) is 7.50. The highest BCUT2D eigenvalue weighted by atomic mass is 16.3. The van der Waals surface area contributed by atoms with E-state index in [1.807, 2.05) is 45.0 Å². The molecule has 150 valence electrons. The molecule has 1 N–H and O–H groups in total. The average molecular weight is 393 g/mol. The number of hydrogen-bond donors (Lipinski definition) is 1. The normalized spacial score (nSPS) is 13.4. The van der Waals surface area contributed by atoms with Crippen LogP contribution in [0, 0.1) is 6.92 Å². The number of fused-ring (bicyclic) bond motifs is 1. The summed E-state index contributed by atoms with van der Waals surface area (Å²) in [4.78, 5) is 31.2. The van der Waals surface area contributed by atoms with Gasteiger partial charge in [0.15, 0.2) is 23.5 Å². The Morgan fingerprint density at radius 1 is 1.21 bits per heavy atom. The summed E-state index contributed by atoms with van der Waals surface area (Å²) in [6, 6.07) is 9.54. The van der Waals surface area contributed by atoms with Gasteiger partial charge in [-0.05, 0) is 32.9 Å². The molecule has 3 heterocycles. The van der Waals surface area contributed by atoms with Crippen LogP contribution in [0.1, 0.15) is 46.1 Å². The monoisotopic (exact) mass is 393 g/mol. The van der Waals surface area contributed by atoms with E-state index in [0.29, 0.717) is 36.8 Å². The summed E-state index contributed by atoms with van der Waals surface area (Å²) in [5.74, 6) is 0.0590. The lowest BCUT2D eigenvalue weighted by molar-refractivity contribution is 0.0700. The lowest BCUT2D eigenvalue weighted by Gasteiger charge is -2.27. The van der Waals surface area contributed by atoms with Crippen LogP contribution in [0.2, 0.25) is 0 Å². The summed E-state index contributed by atoms with van der Waals surface area (Å²) < 4.78 is 7.31. The molecule has 0 fully saturated rings. The van der Waals surface area contributed by atoms with Gasteiger partial charge in [0, 0.05) is 18.2 Å². The molecule has 0 saturated heterocycles. The second kappa shape index (κ2) is 7.54. The van der Waals surface area contributed by atoms with Gasteiger partial charge in [-0.2, -0.15) is 5.10 Å². The van der Waals surface area contributed by atoms with Crippen molar-refractivity contribution in [2.24, 2.45) is 0 Å². The van der Waals surface area contributed by atoms with Crippen molar-refractivity contribution in [3.05, 3.63) is 59.4 Å². The molecule has 29 heavy (non-hydrogen) atoms. The van der Waals surface area contributed by atoms with Gasteiger partial charge in [0.1, 0.15) is 0 Å². The van der Waals surface area contributed by atoms with E-state index in [2.05, 4.69) is 15.4 Å². The minimum Gasteiger partial charge on any atom is -0.443 e. The van der Waals surface area contributed by atoms with Crippen molar-refractivity contribution in [3.63, 3.8) is 0 Å². The molecule has 0 unspecified atom stereocenters. The first-order valence-electron chi connectivity index (χ1n) is 9.60. The molecule has 2 amide bonds. The number of nitrogens with zero attached hydrogens (tertiary/aromatic N) is 4. The molecular formula is C21H23N5O3. The molecule has 0 radical (unpaired) electrons. The SMILES string of the molecule is Cc1cccc(-c2ocnc2C(=O)N2CCn3nc(C(=O)NC(C)C)cc3C2)c1. The molecule has 2 aromatic heterocycles. The Labute approximate surface area is 168 Å². The maximum atomic E-state index is 13.1. The first-order chi connectivity index (χ1) is 13.9. The number of oxazole rings is 1.